The lowest BCUT2D eigenvalue weighted by Crippen LogP contribution is -2.47. The summed E-state index contributed by atoms with van der Waals surface area (Å²) in [6.45, 7) is 0. The molecule has 0 aromatic rings. The minimum Gasteiger partial charge on any atom is -0.852 e. The van der Waals surface area contributed by atoms with E-state index in [4.69, 9.17) is 0 Å². The standard InChI is InChI=1S/C5H7O3/c6-4-1-3(2-4)5(7)8/h3-4H,1-2H2,(H,7,8)/q-1/p-1. The van der Waals surface area contributed by atoms with Gasteiger partial charge in [-0.05, 0) is 5.92 Å². The molecule has 0 amide bonds. The number of carbonyl (C=O) groups excluding carboxylic acids is 1. The van der Waals surface area contributed by atoms with Crippen LogP contribution in [-0.2, 0) is 4.79 Å². The van der Waals surface area contributed by atoms with Crippen molar-refractivity contribution >= 4 is 5.97 Å². The number of rotatable bonds is 1. The van der Waals surface area contributed by atoms with Crippen LogP contribution in [0.15, 0.2) is 0 Å². The van der Waals surface area contributed by atoms with Crippen molar-refractivity contribution in [3.63, 3.8) is 0 Å². The van der Waals surface area contributed by atoms with Crippen molar-refractivity contribution < 1.29 is 15.0 Å². The third kappa shape index (κ3) is 0.816. The normalized spacial score (nSPS) is 36.1. The van der Waals surface area contributed by atoms with Gasteiger partial charge in [0.25, 0.3) is 0 Å². The highest BCUT2D eigenvalue weighted by Gasteiger charge is 2.21. The molecule has 3 nitrogen and oxygen atoms in total. The summed E-state index contributed by atoms with van der Waals surface area (Å²) in [6.07, 6.45) is -0.108. The molecule has 3 heteroatoms. The van der Waals surface area contributed by atoms with E-state index in [9.17, 15) is 15.0 Å². The maximum Gasteiger partial charge on any atom is 0.0444 e. The van der Waals surface area contributed by atoms with E-state index in [1.165, 1.54) is 0 Å². The van der Waals surface area contributed by atoms with Gasteiger partial charge in [-0.1, -0.05) is 12.8 Å². The summed E-state index contributed by atoms with van der Waals surface area (Å²) in [7, 11) is 0. The van der Waals surface area contributed by atoms with Crippen LogP contribution in [0.4, 0.5) is 0 Å². The van der Waals surface area contributed by atoms with Gasteiger partial charge in [-0.2, -0.15) is 0 Å². The first-order valence-corrected chi connectivity index (χ1v) is 2.57. The monoisotopic (exact) mass is 114 g/mol. The van der Waals surface area contributed by atoms with Gasteiger partial charge in [-0.15, -0.1) is 6.10 Å². The van der Waals surface area contributed by atoms with E-state index in [1.807, 2.05) is 0 Å². The van der Waals surface area contributed by atoms with Crippen molar-refractivity contribution in [3.05, 3.63) is 0 Å². The van der Waals surface area contributed by atoms with Gasteiger partial charge in [-0.3, -0.25) is 0 Å². The zero-order chi connectivity index (χ0) is 6.15. The lowest BCUT2D eigenvalue weighted by atomic mass is 9.83. The maximum absolute atomic E-state index is 10.2. The summed E-state index contributed by atoms with van der Waals surface area (Å²) in [5, 5.41) is 20.1. The van der Waals surface area contributed by atoms with Crippen LogP contribution in [0.2, 0.25) is 0 Å². The van der Waals surface area contributed by atoms with E-state index in [0.717, 1.165) is 0 Å². The van der Waals surface area contributed by atoms with Crippen molar-refractivity contribution in [2.45, 2.75) is 18.9 Å². The molecule has 0 bridgehead atoms. The van der Waals surface area contributed by atoms with Crippen LogP contribution in [0.3, 0.4) is 0 Å². The average molecular weight is 114 g/mol. The Hall–Kier alpha value is -0.570. The van der Waals surface area contributed by atoms with Crippen LogP contribution < -0.4 is 10.2 Å². The quantitative estimate of drug-likeness (QED) is 0.391. The summed E-state index contributed by atoms with van der Waals surface area (Å²) < 4.78 is 0. The SMILES string of the molecule is O=C([O-])C1CC([O-])C1. The molecular formula is C5H6O3-2. The van der Waals surface area contributed by atoms with Gasteiger partial charge in [0.15, 0.2) is 0 Å². The largest absolute Gasteiger partial charge is 0.852 e. The van der Waals surface area contributed by atoms with E-state index in [0.29, 0.717) is 0 Å². The topological polar surface area (TPSA) is 63.2 Å². The van der Waals surface area contributed by atoms with Gasteiger partial charge >= 0.3 is 0 Å². The molecule has 0 unspecified atom stereocenters. The first kappa shape index (κ1) is 5.56. The molecule has 0 spiro atoms. The van der Waals surface area contributed by atoms with E-state index >= 15 is 0 Å². The van der Waals surface area contributed by atoms with Gasteiger partial charge < -0.3 is 15.0 Å². The number of hydrogen-bond donors (Lipinski definition) is 0. The molecule has 0 radical (unpaired) electrons. The Kier molecular flexibility index (Phi) is 1.21. The highest BCUT2D eigenvalue weighted by atomic mass is 16.4. The second-order valence-corrected chi connectivity index (χ2v) is 2.11. The Balaban J connectivity index is 2.25. The molecule has 1 rings (SSSR count). The van der Waals surface area contributed by atoms with Gasteiger partial charge in [0.2, 0.25) is 0 Å². The summed E-state index contributed by atoms with van der Waals surface area (Å²) in [4.78, 5) is 9.88. The van der Waals surface area contributed by atoms with E-state index in [-0.39, 0.29) is 12.8 Å². The first-order chi connectivity index (χ1) is 3.70. The Morgan fingerprint density at radius 3 is 2.12 bits per heavy atom. The highest BCUT2D eigenvalue weighted by Crippen LogP contribution is 2.23. The molecule has 0 atom stereocenters. The van der Waals surface area contributed by atoms with Crippen LogP contribution >= 0.6 is 0 Å². The van der Waals surface area contributed by atoms with Crippen LogP contribution in [0.5, 0.6) is 0 Å². The fraction of sp³-hybridized carbons (Fsp3) is 0.800. The average Bonchev–Trinajstić information content (AvgIpc) is 1.57. The predicted octanol–water partition coefficient (Wildman–Crippen LogP) is -2.12. The molecule has 0 aliphatic heterocycles. The van der Waals surface area contributed by atoms with Crippen LogP contribution in [-0.4, -0.2) is 12.1 Å². The zero-order valence-corrected chi connectivity index (χ0v) is 4.29. The molecule has 1 fully saturated rings. The van der Waals surface area contributed by atoms with E-state index in [1.54, 1.807) is 0 Å². The molecule has 46 valence electrons. The lowest BCUT2D eigenvalue weighted by molar-refractivity contribution is -0.447. The molecular weight excluding hydrogens is 108 g/mol. The smallest absolute Gasteiger partial charge is 0.0444 e. The molecule has 1 aliphatic carbocycles. The Morgan fingerprint density at radius 2 is 2.00 bits per heavy atom. The summed E-state index contributed by atoms with van der Waals surface area (Å²) >= 11 is 0. The lowest BCUT2D eigenvalue weighted by Gasteiger charge is -2.40. The van der Waals surface area contributed by atoms with Crippen molar-refractivity contribution in [2.24, 2.45) is 5.92 Å². The van der Waals surface area contributed by atoms with Crippen molar-refractivity contribution in [2.75, 3.05) is 0 Å². The number of carboxylic acids is 1. The number of hydrogen-bond acceptors (Lipinski definition) is 3. The second kappa shape index (κ2) is 1.74. The first-order valence-electron chi connectivity index (χ1n) is 2.57. The number of aliphatic carboxylic acids is 1. The molecule has 0 saturated heterocycles. The maximum atomic E-state index is 10.2. The Bertz CT molecular complexity index is 104. The molecule has 0 aromatic heterocycles. The summed E-state index contributed by atoms with van der Waals surface area (Å²) in [5.74, 6) is -1.52. The minimum atomic E-state index is -1.07. The van der Waals surface area contributed by atoms with Gasteiger partial charge in [0, 0.05) is 5.97 Å². The van der Waals surface area contributed by atoms with Gasteiger partial charge in [-0.25, -0.2) is 0 Å². The highest BCUT2D eigenvalue weighted by molar-refractivity contribution is 5.68. The van der Waals surface area contributed by atoms with Crippen molar-refractivity contribution in [1.82, 2.24) is 0 Å². The minimum absolute atomic E-state index is 0.266. The van der Waals surface area contributed by atoms with Crippen LogP contribution in [0.25, 0.3) is 0 Å². The van der Waals surface area contributed by atoms with Crippen LogP contribution in [0.1, 0.15) is 12.8 Å². The Labute approximate surface area is 46.9 Å². The predicted molar refractivity (Wildman–Crippen MR) is 21.5 cm³/mol. The second-order valence-electron chi connectivity index (χ2n) is 2.11. The zero-order valence-electron chi connectivity index (χ0n) is 4.29. The third-order valence-electron chi connectivity index (χ3n) is 1.43. The van der Waals surface area contributed by atoms with Gasteiger partial charge in [0.05, 0.1) is 0 Å². The molecule has 1 aliphatic rings. The molecule has 0 heterocycles. The fourth-order valence-electron chi connectivity index (χ4n) is 0.758. The van der Waals surface area contributed by atoms with Crippen LogP contribution in [0, 0.1) is 5.92 Å². The number of carbonyl (C=O) groups is 1. The summed E-state index contributed by atoms with van der Waals surface area (Å²) in [6, 6.07) is 0. The fourth-order valence-corrected chi connectivity index (χ4v) is 0.758. The molecule has 0 aromatic carbocycles. The molecule has 8 heavy (non-hydrogen) atoms. The van der Waals surface area contributed by atoms with Crippen molar-refractivity contribution in [3.8, 4) is 0 Å². The van der Waals surface area contributed by atoms with E-state index in [2.05, 4.69) is 0 Å². The number of carboxylic acid groups (broad SMARTS) is 1. The molecule has 0 N–H and O–H groups in total. The van der Waals surface area contributed by atoms with Gasteiger partial charge in [0.1, 0.15) is 0 Å². The third-order valence-corrected chi connectivity index (χ3v) is 1.43. The molecule has 1 saturated carbocycles. The Morgan fingerprint density at radius 1 is 1.50 bits per heavy atom. The summed E-state index contributed by atoms with van der Waals surface area (Å²) in [5.41, 5.74) is 0. The van der Waals surface area contributed by atoms with E-state index < -0.39 is 18.0 Å². The van der Waals surface area contributed by atoms with Crippen molar-refractivity contribution in [1.29, 1.82) is 0 Å².